The third-order valence-corrected chi connectivity index (χ3v) is 6.43. The maximum Gasteiger partial charge on any atom is 0.272 e. The van der Waals surface area contributed by atoms with Gasteiger partial charge in [0.1, 0.15) is 10.6 Å². The molecule has 2 aromatic rings. The molecule has 1 aromatic carbocycles. The first kappa shape index (κ1) is 18.3. The van der Waals surface area contributed by atoms with Gasteiger partial charge in [-0.2, -0.15) is 4.31 Å². The predicted octanol–water partition coefficient (Wildman–Crippen LogP) is 1.85. The molecule has 9 nitrogen and oxygen atoms in total. The minimum Gasteiger partial charge on any atom is -0.367 e. The molecule has 1 aromatic heterocycles. The zero-order valence-electron chi connectivity index (χ0n) is 14.2. The zero-order valence-corrected chi connectivity index (χ0v) is 15.0. The van der Waals surface area contributed by atoms with Crippen LogP contribution in [0.2, 0.25) is 0 Å². The summed E-state index contributed by atoms with van der Waals surface area (Å²) in [6.45, 7) is 3.93. The number of non-ortho nitro benzene ring substituents is 1. The number of nitro groups is 1. The fourth-order valence-corrected chi connectivity index (χ4v) is 4.72. The molecule has 0 radical (unpaired) electrons. The van der Waals surface area contributed by atoms with Gasteiger partial charge in [0.25, 0.3) is 5.69 Å². The van der Waals surface area contributed by atoms with Crippen LogP contribution in [0.15, 0.2) is 27.6 Å². The number of benzene rings is 1. The van der Waals surface area contributed by atoms with Gasteiger partial charge < -0.3 is 9.42 Å². The van der Waals surface area contributed by atoms with Crippen LogP contribution in [-0.2, 0) is 10.0 Å². The molecule has 2 heterocycles. The minimum absolute atomic E-state index is 0.0625. The molecule has 0 N–H and O–H groups in total. The topological polar surface area (TPSA) is 110 Å². The van der Waals surface area contributed by atoms with Crippen molar-refractivity contribution in [3.63, 3.8) is 0 Å². The van der Waals surface area contributed by atoms with Gasteiger partial charge in [-0.25, -0.2) is 12.8 Å². The number of nitro benzene ring substituents is 1. The maximum atomic E-state index is 14.2. The van der Waals surface area contributed by atoms with Crippen molar-refractivity contribution in [3.05, 3.63) is 45.6 Å². The number of halogens is 1. The van der Waals surface area contributed by atoms with Crippen LogP contribution in [0.3, 0.4) is 0 Å². The highest BCUT2D eigenvalue weighted by molar-refractivity contribution is 7.89. The molecule has 0 aliphatic carbocycles. The summed E-state index contributed by atoms with van der Waals surface area (Å²) in [6, 6.07) is 3.43. The van der Waals surface area contributed by atoms with Crippen LogP contribution in [0.1, 0.15) is 11.5 Å². The predicted molar refractivity (Wildman–Crippen MR) is 90.0 cm³/mol. The molecule has 0 unspecified atom stereocenters. The fourth-order valence-electron chi connectivity index (χ4n) is 3.01. The summed E-state index contributed by atoms with van der Waals surface area (Å²) in [5.41, 5.74) is 0.183. The lowest BCUT2D eigenvalue weighted by atomic mass is 10.2. The van der Waals surface area contributed by atoms with Crippen LogP contribution in [0.5, 0.6) is 0 Å². The number of sulfonamides is 1. The molecule has 3 rings (SSSR count). The second kappa shape index (κ2) is 6.65. The fraction of sp³-hybridized carbons (Fsp3) is 0.400. The van der Waals surface area contributed by atoms with Crippen molar-refractivity contribution in [3.8, 4) is 0 Å². The van der Waals surface area contributed by atoms with Crippen molar-refractivity contribution < 1.29 is 22.3 Å². The third kappa shape index (κ3) is 3.15. The number of nitrogens with zero attached hydrogens (tertiary/aromatic N) is 4. The van der Waals surface area contributed by atoms with Gasteiger partial charge in [-0.3, -0.25) is 10.1 Å². The smallest absolute Gasteiger partial charge is 0.272 e. The van der Waals surface area contributed by atoms with E-state index in [0.29, 0.717) is 5.69 Å². The van der Waals surface area contributed by atoms with E-state index in [1.165, 1.54) is 23.4 Å². The van der Waals surface area contributed by atoms with Gasteiger partial charge in [0.15, 0.2) is 11.6 Å². The van der Waals surface area contributed by atoms with Crippen LogP contribution in [0, 0.1) is 29.8 Å². The van der Waals surface area contributed by atoms with Crippen LogP contribution < -0.4 is 4.90 Å². The molecular formula is C15H17FN4O5S. The largest absolute Gasteiger partial charge is 0.367 e. The summed E-state index contributed by atoms with van der Waals surface area (Å²) in [7, 11) is -3.75. The van der Waals surface area contributed by atoms with Crippen molar-refractivity contribution in [2.45, 2.75) is 18.7 Å². The van der Waals surface area contributed by atoms with E-state index in [4.69, 9.17) is 4.52 Å². The lowest BCUT2D eigenvalue weighted by Crippen LogP contribution is -2.49. The molecule has 26 heavy (non-hydrogen) atoms. The second-order valence-electron chi connectivity index (χ2n) is 5.94. The van der Waals surface area contributed by atoms with Crippen LogP contribution in [0.4, 0.5) is 15.8 Å². The molecule has 1 aliphatic heterocycles. The maximum absolute atomic E-state index is 14.2. The molecule has 0 bridgehead atoms. The number of piperazine rings is 1. The van der Waals surface area contributed by atoms with Gasteiger partial charge in [0, 0.05) is 32.2 Å². The molecule has 140 valence electrons. The Morgan fingerprint density at radius 3 is 2.38 bits per heavy atom. The summed E-state index contributed by atoms with van der Waals surface area (Å²) < 4.78 is 46.0. The molecular weight excluding hydrogens is 367 g/mol. The number of hydrogen-bond donors (Lipinski definition) is 0. The van der Waals surface area contributed by atoms with Crippen LogP contribution in [0.25, 0.3) is 0 Å². The molecule has 1 saturated heterocycles. The van der Waals surface area contributed by atoms with Gasteiger partial charge in [-0.05, 0) is 19.9 Å². The number of aromatic nitrogens is 1. The molecule has 0 amide bonds. The van der Waals surface area contributed by atoms with E-state index in [2.05, 4.69) is 5.16 Å². The van der Waals surface area contributed by atoms with E-state index in [0.717, 1.165) is 6.07 Å². The number of aryl methyl sites for hydroxylation is 2. The SMILES string of the molecule is Cc1noc(C)c1S(=O)(=O)N1CCN(c2ccc([N+](=O)[O-])cc2F)CC1. The second-order valence-corrected chi connectivity index (χ2v) is 7.81. The lowest BCUT2D eigenvalue weighted by Gasteiger charge is -2.35. The first-order valence-corrected chi connectivity index (χ1v) is 9.27. The van der Waals surface area contributed by atoms with Gasteiger partial charge in [0.05, 0.1) is 16.7 Å². The van der Waals surface area contributed by atoms with Crippen molar-refractivity contribution in [2.24, 2.45) is 0 Å². The standard InChI is InChI=1S/C15H17FN4O5S/c1-10-15(11(2)25-17-10)26(23,24)19-7-5-18(6-8-19)14-4-3-12(20(21)22)9-13(14)16/h3-4,9H,5-8H2,1-2H3. The van der Waals surface area contributed by atoms with Crippen molar-refractivity contribution in [1.82, 2.24) is 9.46 Å². The Morgan fingerprint density at radius 2 is 1.88 bits per heavy atom. The Balaban J connectivity index is 1.77. The van der Waals surface area contributed by atoms with E-state index in [-0.39, 0.29) is 48.2 Å². The van der Waals surface area contributed by atoms with E-state index < -0.39 is 20.8 Å². The monoisotopic (exact) mass is 384 g/mol. The van der Waals surface area contributed by atoms with E-state index >= 15 is 0 Å². The Bertz CT molecular complexity index is 931. The Morgan fingerprint density at radius 1 is 1.23 bits per heavy atom. The minimum atomic E-state index is -3.75. The molecule has 0 atom stereocenters. The highest BCUT2D eigenvalue weighted by Crippen LogP contribution is 2.28. The van der Waals surface area contributed by atoms with E-state index in [1.807, 2.05) is 0 Å². The van der Waals surface area contributed by atoms with Gasteiger partial charge in [-0.15, -0.1) is 0 Å². The van der Waals surface area contributed by atoms with Crippen molar-refractivity contribution in [2.75, 3.05) is 31.1 Å². The average Bonchev–Trinajstić information content (AvgIpc) is 2.94. The van der Waals surface area contributed by atoms with Crippen LogP contribution >= 0.6 is 0 Å². The molecule has 0 saturated carbocycles. The lowest BCUT2D eigenvalue weighted by molar-refractivity contribution is -0.385. The van der Waals surface area contributed by atoms with Gasteiger partial charge >= 0.3 is 0 Å². The average molecular weight is 384 g/mol. The van der Waals surface area contributed by atoms with Crippen molar-refractivity contribution in [1.29, 1.82) is 0 Å². The number of rotatable bonds is 4. The third-order valence-electron chi connectivity index (χ3n) is 4.29. The Labute approximate surface area is 149 Å². The highest BCUT2D eigenvalue weighted by Gasteiger charge is 2.33. The van der Waals surface area contributed by atoms with Crippen molar-refractivity contribution >= 4 is 21.4 Å². The van der Waals surface area contributed by atoms with Gasteiger partial charge in [-0.1, -0.05) is 5.16 Å². The summed E-state index contributed by atoms with van der Waals surface area (Å²) in [6.07, 6.45) is 0. The molecule has 11 heteroatoms. The van der Waals surface area contributed by atoms with Gasteiger partial charge in [0.2, 0.25) is 10.0 Å². The van der Waals surface area contributed by atoms with Crippen LogP contribution in [-0.4, -0.2) is 49.0 Å². The molecule has 1 aliphatic rings. The quantitative estimate of drug-likeness (QED) is 0.584. The number of hydrogen-bond acceptors (Lipinski definition) is 7. The summed E-state index contributed by atoms with van der Waals surface area (Å²) in [5, 5.41) is 14.4. The first-order valence-electron chi connectivity index (χ1n) is 7.83. The first-order chi connectivity index (χ1) is 12.2. The highest BCUT2D eigenvalue weighted by atomic mass is 32.2. The number of anilines is 1. The summed E-state index contributed by atoms with van der Waals surface area (Å²) >= 11 is 0. The summed E-state index contributed by atoms with van der Waals surface area (Å²) in [5.74, 6) is -0.479. The Kier molecular flexibility index (Phi) is 4.67. The normalized spacial score (nSPS) is 16.0. The summed E-state index contributed by atoms with van der Waals surface area (Å²) in [4.78, 5) is 11.8. The molecule has 0 spiro atoms. The Hall–Kier alpha value is -2.53. The zero-order chi connectivity index (χ0) is 19.1. The molecule has 1 fully saturated rings. The van der Waals surface area contributed by atoms with E-state index in [9.17, 15) is 22.9 Å². The van der Waals surface area contributed by atoms with E-state index in [1.54, 1.807) is 11.8 Å².